The molecule has 0 fully saturated rings. The number of anilines is 1. The van der Waals surface area contributed by atoms with Crippen LogP contribution in [0.15, 0.2) is 15.0 Å². The predicted octanol–water partition coefficient (Wildman–Crippen LogP) is 1.26. The highest BCUT2D eigenvalue weighted by molar-refractivity contribution is 5.19. The van der Waals surface area contributed by atoms with Crippen LogP contribution in [0.5, 0.6) is 0 Å². The van der Waals surface area contributed by atoms with Gasteiger partial charge in [0, 0.05) is 6.07 Å². The van der Waals surface area contributed by atoms with E-state index in [0.29, 0.717) is 18.5 Å². The monoisotopic (exact) mass is 237 g/mol. The van der Waals surface area contributed by atoms with Crippen LogP contribution in [0.3, 0.4) is 0 Å². The maximum absolute atomic E-state index is 5.41. The Balaban J connectivity index is 1.93. The van der Waals surface area contributed by atoms with Crippen LogP contribution in [0.2, 0.25) is 0 Å². The molecule has 0 aliphatic carbocycles. The summed E-state index contributed by atoms with van der Waals surface area (Å²) in [6, 6.07) is 2.25. The molecular formula is C10H15N5O2. The van der Waals surface area contributed by atoms with Gasteiger partial charge in [-0.05, 0) is 20.9 Å². The number of hydrogen-bond donors (Lipinski definition) is 2. The summed E-state index contributed by atoms with van der Waals surface area (Å²) in [6.45, 7) is 4.28. The largest absolute Gasteiger partial charge is 0.406 e. The summed E-state index contributed by atoms with van der Waals surface area (Å²) < 4.78 is 10.5. The zero-order valence-electron chi connectivity index (χ0n) is 10.0. The Labute approximate surface area is 98.6 Å². The molecule has 1 unspecified atom stereocenters. The molecule has 0 saturated carbocycles. The summed E-state index contributed by atoms with van der Waals surface area (Å²) in [5.74, 6) is 1.27. The molecule has 2 aromatic heterocycles. The van der Waals surface area contributed by atoms with Crippen LogP contribution in [0.1, 0.15) is 30.3 Å². The molecule has 2 N–H and O–H groups in total. The highest BCUT2D eigenvalue weighted by atomic mass is 16.5. The van der Waals surface area contributed by atoms with Gasteiger partial charge in [-0.3, -0.25) is 0 Å². The summed E-state index contributed by atoms with van der Waals surface area (Å²) in [4.78, 5) is 0. The molecule has 0 radical (unpaired) electrons. The van der Waals surface area contributed by atoms with Gasteiger partial charge in [0.2, 0.25) is 5.89 Å². The van der Waals surface area contributed by atoms with Gasteiger partial charge in [0.1, 0.15) is 0 Å². The lowest BCUT2D eigenvalue weighted by Crippen LogP contribution is -2.12. The van der Waals surface area contributed by atoms with Crippen LogP contribution in [0, 0.1) is 6.92 Å². The summed E-state index contributed by atoms with van der Waals surface area (Å²) in [6.07, 6.45) is 0. The molecule has 2 heterocycles. The molecular weight excluding hydrogens is 222 g/mol. The maximum Gasteiger partial charge on any atom is 0.315 e. The molecule has 0 aliphatic rings. The molecule has 0 aromatic carbocycles. The lowest BCUT2D eigenvalue weighted by Gasteiger charge is -2.02. The Kier molecular flexibility index (Phi) is 3.38. The fraction of sp³-hybridized carbons (Fsp3) is 0.500. The first-order chi connectivity index (χ1) is 8.19. The zero-order chi connectivity index (χ0) is 12.3. The molecule has 2 aromatic rings. The van der Waals surface area contributed by atoms with Gasteiger partial charge in [-0.2, -0.15) is 0 Å². The van der Waals surface area contributed by atoms with Gasteiger partial charge in [-0.25, -0.2) is 0 Å². The van der Waals surface area contributed by atoms with E-state index in [-0.39, 0.29) is 6.04 Å². The lowest BCUT2D eigenvalue weighted by atomic mass is 10.3. The summed E-state index contributed by atoms with van der Waals surface area (Å²) >= 11 is 0. The Bertz CT molecular complexity index is 479. The van der Waals surface area contributed by atoms with Crippen molar-refractivity contribution in [3.05, 3.63) is 23.4 Å². The van der Waals surface area contributed by atoms with Crippen molar-refractivity contribution in [1.82, 2.24) is 20.7 Å². The van der Waals surface area contributed by atoms with E-state index < -0.39 is 0 Å². The molecule has 0 bridgehead atoms. The Morgan fingerprint density at radius 3 is 2.88 bits per heavy atom. The number of hydrogen-bond acceptors (Lipinski definition) is 7. The van der Waals surface area contributed by atoms with Crippen molar-refractivity contribution in [3.63, 3.8) is 0 Å². The van der Waals surface area contributed by atoms with Gasteiger partial charge in [0.15, 0.2) is 5.76 Å². The fourth-order valence-electron chi connectivity index (χ4n) is 1.27. The summed E-state index contributed by atoms with van der Waals surface area (Å²) in [7, 11) is 1.83. The normalized spacial score (nSPS) is 12.6. The minimum atomic E-state index is 0.0329. The first-order valence-electron chi connectivity index (χ1n) is 5.35. The smallest absolute Gasteiger partial charge is 0.315 e. The summed E-state index contributed by atoms with van der Waals surface area (Å²) in [5, 5.41) is 17.6. The van der Waals surface area contributed by atoms with E-state index in [9.17, 15) is 0 Å². The molecule has 0 spiro atoms. The number of aromatic nitrogens is 3. The average Bonchev–Trinajstić information content (AvgIpc) is 2.94. The second-order valence-corrected chi connectivity index (χ2v) is 3.74. The van der Waals surface area contributed by atoms with Crippen molar-refractivity contribution in [2.24, 2.45) is 0 Å². The first-order valence-corrected chi connectivity index (χ1v) is 5.35. The van der Waals surface area contributed by atoms with Crippen LogP contribution in [-0.2, 0) is 6.54 Å². The van der Waals surface area contributed by atoms with E-state index in [1.807, 2.05) is 27.0 Å². The van der Waals surface area contributed by atoms with Crippen LogP contribution in [-0.4, -0.2) is 22.4 Å². The van der Waals surface area contributed by atoms with E-state index in [4.69, 9.17) is 8.94 Å². The van der Waals surface area contributed by atoms with Gasteiger partial charge in [0.25, 0.3) is 0 Å². The lowest BCUT2D eigenvalue weighted by molar-refractivity contribution is 0.381. The molecule has 17 heavy (non-hydrogen) atoms. The second kappa shape index (κ2) is 4.96. The first kappa shape index (κ1) is 11.6. The van der Waals surface area contributed by atoms with Crippen molar-refractivity contribution in [1.29, 1.82) is 0 Å². The fourth-order valence-corrected chi connectivity index (χ4v) is 1.27. The van der Waals surface area contributed by atoms with Gasteiger partial charge in [0.05, 0.1) is 18.3 Å². The second-order valence-electron chi connectivity index (χ2n) is 3.74. The third kappa shape index (κ3) is 2.82. The van der Waals surface area contributed by atoms with Crippen LogP contribution >= 0.6 is 0 Å². The van der Waals surface area contributed by atoms with E-state index >= 15 is 0 Å². The van der Waals surface area contributed by atoms with E-state index in [2.05, 4.69) is 26.0 Å². The Morgan fingerprint density at radius 1 is 1.41 bits per heavy atom. The Hall–Kier alpha value is -1.89. The standard InChI is InChI=1S/C10H15N5O2/c1-6-4-8(17-15-6)5-12-10-14-13-9(16-10)7(2)11-3/h4,7,11H,5H2,1-3H3,(H,12,14). The van der Waals surface area contributed by atoms with E-state index in [1.165, 1.54) is 0 Å². The molecule has 0 saturated heterocycles. The van der Waals surface area contributed by atoms with Crippen molar-refractivity contribution >= 4 is 6.01 Å². The average molecular weight is 237 g/mol. The summed E-state index contributed by atoms with van der Waals surface area (Å²) in [5.41, 5.74) is 0.844. The highest BCUT2D eigenvalue weighted by Crippen LogP contribution is 2.13. The molecule has 7 heteroatoms. The number of nitrogens with one attached hydrogen (secondary N) is 2. The van der Waals surface area contributed by atoms with Gasteiger partial charge < -0.3 is 19.6 Å². The third-order valence-electron chi connectivity index (χ3n) is 2.33. The van der Waals surface area contributed by atoms with Crippen molar-refractivity contribution in [2.75, 3.05) is 12.4 Å². The van der Waals surface area contributed by atoms with Crippen LogP contribution in [0.25, 0.3) is 0 Å². The van der Waals surface area contributed by atoms with E-state index in [1.54, 1.807) is 0 Å². The van der Waals surface area contributed by atoms with Crippen LogP contribution in [0.4, 0.5) is 6.01 Å². The zero-order valence-corrected chi connectivity index (χ0v) is 10.0. The Morgan fingerprint density at radius 2 is 2.24 bits per heavy atom. The topological polar surface area (TPSA) is 89.0 Å². The van der Waals surface area contributed by atoms with Crippen LogP contribution < -0.4 is 10.6 Å². The van der Waals surface area contributed by atoms with Crippen molar-refractivity contribution in [3.8, 4) is 0 Å². The quantitative estimate of drug-likeness (QED) is 0.809. The predicted molar refractivity (Wildman–Crippen MR) is 60.3 cm³/mol. The highest BCUT2D eigenvalue weighted by Gasteiger charge is 2.11. The molecule has 1 atom stereocenters. The van der Waals surface area contributed by atoms with E-state index in [0.717, 1.165) is 11.5 Å². The van der Waals surface area contributed by atoms with Gasteiger partial charge in [-0.15, -0.1) is 5.10 Å². The molecule has 0 aliphatic heterocycles. The minimum Gasteiger partial charge on any atom is -0.406 e. The molecule has 2 rings (SSSR count). The molecule has 0 amide bonds. The van der Waals surface area contributed by atoms with Gasteiger partial charge >= 0.3 is 6.01 Å². The molecule has 92 valence electrons. The van der Waals surface area contributed by atoms with Gasteiger partial charge in [-0.1, -0.05) is 10.3 Å². The SMILES string of the molecule is CNC(C)c1nnc(NCc2cc(C)no2)o1. The maximum atomic E-state index is 5.41. The number of aryl methyl sites for hydroxylation is 1. The number of rotatable bonds is 5. The minimum absolute atomic E-state index is 0.0329. The molecule has 7 nitrogen and oxygen atoms in total. The van der Waals surface area contributed by atoms with Crippen molar-refractivity contribution < 1.29 is 8.94 Å². The third-order valence-corrected chi connectivity index (χ3v) is 2.33. The van der Waals surface area contributed by atoms with Crippen molar-refractivity contribution in [2.45, 2.75) is 26.4 Å². The number of nitrogens with zero attached hydrogens (tertiary/aromatic N) is 3.